The van der Waals surface area contributed by atoms with Gasteiger partial charge in [0.05, 0.1) is 5.41 Å². The van der Waals surface area contributed by atoms with Crippen LogP contribution in [0.1, 0.15) is 0 Å². The van der Waals surface area contributed by atoms with E-state index in [0.717, 1.165) is 5.41 Å². The van der Waals surface area contributed by atoms with Crippen LogP contribution in [-0.4, -0.2) is 14.3 Å². The highest BCUT2D eigenvalue weighted by molar-refractivity contribution is 7.92. The van der Waals surface area contributed by atoms with Crippen molar-refractivity contribution in [1.29, 1.82) is 0 Å². The van der Waals surface area contributed by atoms with Crippen molar-refractivity contribution >= 4 is 21.6 Å². The third-order valence-electron chi connectivity index (χ3n) is 2.05. The predicted molar refractivity (Wildman–Crippen MR) is 64.4 cm³/mol. The Bertz CT molecular complexity index is 588. The number of para-hydroxylation sites is 1. The monoisotopic (exact) mass is 250 g/mol. The molecule has 1 aromatic rings. The molecule has 0 saturated carbocycles. The summed E-state index contributed by atoms with van der Waals surface area (Å²) in [4.78, 5) is 11.7. The van der Waals surface area contributed by atoms with Gasteiger partial charge in [-0.2, -0.15) is 0 Å². The molecule has 0 unspecified atom stereocenters. The van der Waals surface area contributed by atoms with Crippen LogP contribution in [-0.2, 0) is 14.8 Å². The van der Waals surface area contributed by atoms with E-state index in [1.54, 1.807) is 24.3 Å². The van der Waals surface area contributed by atoms with E-state index in [4.69, 9.17) is 0 Å². The number of hydrogen-bond donors (Lipinski definition) is 2. The number of anilines is 1. The molecule has 0 atom stereocenters. The summed E-state index contributed by atoms with van der Waals surface area (Å²) in [6, 6.07) is 8.79. The molecule has 1 amide bonds. The fourth-order valence-electron chi connectivity index (χ4n) is 1.30. The van der Waals surface area contributed by atoms with Crippen molar-refractivity contribution in [3.05, 3.63) is 53.6 Å². The molecule has 1 aliphatic heterocycles. The van der Waals surface area contributed by atoms with Crippen LogP contribution in [0, 0.1) is 0 Å². The Hall–Kier alpha value is -2.08. The Kier molecular flexibility index (Phi) is 2.97. The number of amides is 1. The van der Waals surface area contributed by atoms with E-state index in [1.807, 2.05) is 6.07 Å². The van der Waals surface area contributed by atoms with Gasteiger partial charge in [0, 0.05) is 5.69 Å². The molecule has 2 N–H and O–H groups in total. The maximum absolute atomic E-state index is 11.7. The number of rotatable bonds is 2. The van der Waals surface area contributed by atoms with Crippen molar-refractivity contribution in [3.63, 3.8) is 0 Å². The SMILES string of the molecule is O=C(Nc1ccccc1)C1=CC=CS(=O)(=O)N1. The molecule has 1 aliphatic rings. The Morgan fingerprint density at radius 2 is 1.88 bits per heavy atom. The zero-order valence-electron chi connectivity index (χ0n) is 8.75. The predicted octanol–water partition coefficient (Wildman–Crippen LogP) is 0.956. The minimum Gasteiger partial charge on any atom is -0.321 e. The summed E-state index contributed by atoms with van der Waals surface area (Å²) in [5, 5.41) is 3.57. The fraction of sp³-hybridized carbons (Fsp3) is 0. The molecule has 1 heterocycles. The summed E-state index contributed by atoms with van der Waals surface area (Å²) in [7, 11) is -3.53. The zero-order chi connectivity index (χ0) is 12.3. The number of allylic oxidation sites excluding steroid dienone is 2. The average molecular weight is 250 g/mol. The van der Waals surface area contributed by atoms with E-state index in [9.17, 15) is 13.2 Å². The highest BCUT2D eigenvalue weighted by atomic mass is 32.2. The van der Waals surface area contributed by atoms with Gasteiger partial charge in [0.2, 0.25) is 0 Å². The molecular formula is C11H10N2O3S. The Morgan fingerprint density at radius 1 is 1.18 bits per heavy atom. The molecule has 6 heteroatoms. The maximum Gasteiger partial charge on any atom is 0.272 e. The highest BCUT2D eigenvalue weighted by Gasteiger charge is 2.17. The second-order valence-corrected chi connectivity index (χ2v) is 4.94. The molecular weight excluding hydrogens is 240 g/mol. The van der Waals surface area contributed by atoms with E-state index >= 15 is 0 Å². The fourth-order valence-corrected chi connectivity index (χ4v) is 2.12. The lowest BCUT2D eigenvalue weighted by Crippen LogP contribution is -2.31. The van der Waals surface area contributed by atoms with Crippen LogP contribution in [0.4, 0.5) is 5.69 Å². The van der Waals surface area contributed by atoms with Gasteiger partial charge in [-0.15, -0.1) is 0 Å². The van der Waals surface area contributed by atoms with Crippen LogP contribution in [0.5, 0.6) is 0 Å². The molecule has 0 saturated heterocycles. The number of sulfonamides is 1. The van der Waals surface area contributed by atoms with Crippen molar-refractivity contribution in [2.24, 2.45) is 0 Å². The van der Waals surface area contributed by atoms with Crippen molar-refractivity contribution in [3.8, 4) is 0 Å². The van der Waals surface area contributed by atoms with Crippen molar-refractivity contribution in [2.75, 3.05) is 5.32 Å². The molecule has 2 rings (SSSR count). The van der Waals surface area contributed by atoms with Crippen LogP contribution in [0.2, 0.25) is 0 Å². The highest BCUT2D eigenvalue weighted by Crippen LogP contribution is 2.09. The first-order valence-corrected chi connectivity index (χ1v) is 6.39. The van der Waals surface area contributed by atoms with Crippen LogP contribution in [0.15, 0.2) is 53.6 Å². The number of carbonyl (C=O) groups is 1. The smallest absolute Gasteiger partial charge is 0.272 e. The van der Waals surface area contributed by atoms with E-state index < -0.39 is 15.9 Å². The van der Waals surface area contributed by atoms with E-state index in [0.29, 0.717) is 5.69 Å². The summed E-state index contributed by atoms with van der Waals surface area (Å²) >= 11 is 0. The lowest BCUT2D eigenvalue weighted by atomic mass is 10.3. The van der Waals surface area contributed by atoms with Gasteiger partial charge in [-0.3, -0.25) is 9.52 Å². The molecule has 17 heavy (non-hydrogen) atoms. The van der Waals surface area contributed by atoms with E-state index in [-0.39, 0.29) is 5.70 Å². The topological polar surface area (TPSA) is 75.3 Å². The zero-order valence-corrected chi connectivity index (χ0v) is 9.57. The minimum absolute atomic E-state index is 0.00338. The van der Waals surface area contributed by atoms with E-state index in [2.05, 4.69) is 10.0 Å². The first kappa shape index (κ1) is 11.4. The lowest BCUT2D eigenvalue weighted by Gasteiger charge is -2.12. The maximum atomic E-state index is 11.7. The molecule has 0 fully saturated rings. The second-order valence-electron chi connectivity index (χ2n) is 3.38. The van der Waals surface area contributed by atoms with E-state index in [1.165, 1.54) is 12.2 Å². The van der Waals surface area contributed by atoms with Crippen molar-refractivity contribution in [1.82, 2.24) is 4.72 Å². The third kappa shape index (κ3) is 2.94. The number of benzene rings is 1. The summed E-state index contributed by atoms with van der Waals surface area (Å²) in [6.07, 6.45) is 2.71. The first-order valence-electron chi connectivity index (χ1n) is 4.84. The summed E-state index contributed by atoms with van der Waals surface area (Å²) in [6.45, 7) is 0. The molecule has 0 aromatic heterocycles. The van der Waals surface area contributed by atoms with Crippen molar-refractivity contribution in [2.45, 2.75) is 0 Å². The number of nitrogens with one attached hydrogen (secondary N) is 2. The summed E-state index contributed by atoms with van der Waals surface area (Å²) in [5.74, 6) is -0.496. The molecule has 0 bridgehead atoms. The van der Waals surface area contributed by atoms with Crippen LogP contribution in [0.3, 0.4) is 0 Å². The average Bonchev–Trinajstić information content (AvgIpc) is 2.29. The van der Waals surface area contributed by atoms with Gasteiger partial charge in [0.1, 0.15) is 5.70 Å². The van der Waals surface area contributed by atoms with Gasteiger partial charge in [-0.25, -0.2) is 8.42 Å². The van der Waals surface area contributed by atoms with Gasteiger partial charge in [-0.1, -0.05) is 18.2 Å². The first-order chi connectivity index (χ1) is 8.07. The number of carbonyl (C=O) groups excluding carboxylic acids is 1. The quantitative estimate of drug-likeness (QED) is 0.820. The molecule has 1 aromatic carbocycles. The van der Waals surface area contributed by atoms with Gasteiger partial charge in [0.15, 0.2) is 0 Å². The Balaban J connectivity index is 2.12. The molecule has 0 radical (unpaired) electrons. The molecule has 0 spiro atoms. The van der Waals surface area contributed by atoms with Gasteiger partial charge in [-0.05, 0) is 24.3 Å². The Labute approximate surface area is 98.9 Å². The standard InChI is InChI=1S/C11H10N2O3S/c14-11(12-9-5-2-1-3-6-9)10-7-4-8-17(15,16)13-10/h1-8,13H,(H,12,14). The normalized spacial score (nSPS) is 16.8. The largest absolute Gasteiger partial charge is 0.321 e. The molecule has 5 nitrogen and oxygen atoms in total. The Morgan fingerprint density at radius 3 is 2.53 bits per heavy atom. The van der Waals surface area contributed by atoms with Crippen molar-refractivity contribution < 1.29 is 13.2 Å². The van der Waals surface area contributed by atoms with Crippen LogP contribution in [0.25, 0.3) is 0 Å². The van der Waals surface area contributed by atoms with Gasteiger partial charge < -0.3 is 5.32 Å². The molecule has 0 aliphatic carbocycles. The van der Waals surface area contributed by atoms with Gasteiger partial charge in [0.25, 0.3) is 15.9 Å². The van der Waals surface area contributed by atoms with Crippen LogP contribution < -0.4 is 10.0 Å². The lowest BCUT2D eigenvalue weighted by molar-refractivity contribution is -0.113. The summed E-state index contributed by atoms with van der Waals surface area (Å²) in [5.41, 5.74) is 0.600. The third-order valence-corrected chi connectivity index (χ3v) is 3.07. The number of hydrogen-bond acceptors (Lipinski definition) is 3. The van der Waals surface area contributed by atoms with Crippen LogP contribution >= 0.6 is 0 Å². The van der Waals surface area contributed by atoms with Gasteiger partial charge >= 0.3 is 0 Å². The second kappa shape index (κ2) is 4.42. The summed E-state index contributed by atoms with van der Waals surface area (Å²) < 4.78 is 24.5. The minimum atomic E-state index is -3.53. The molecule has 88 valence electrons.